The molecule has 1 aliphatic heterocycles. The van der Waals surface area contributed by atoms with E-state index in [0.717, 1.165) is 28.9 Å². The number of oxime groups is 1. The first-order valence-corrected chi connectivity index (χ1v) is 11.4. The lowest BCUT2D eigenvalue weighted by Gasteiger charge is -2.30. The summed E-state index contributed by atoms with van der Waals surface area (Å²) >= 11 is 7.21. The van der Waals surface area contributed by atoms with E-state index in [2.05, 4.69) is 10.5 Å². The molecule has 1 aliphatic carbocycles. The molecule has 4 rings (SSSR count). The van der Waals surface area contributed by atoms with Gasteiger partial charge in [-0.05, 0) is 61.4 Å². The summed E-state index contributed by atoms with van der Waals surface area (Å²) in [6.07, 6.45) is -3.40. The molecule has 2 N–H and O–H groups in total. The Kier molecular flexibility index (Phi) is 5.94. The van der Waals surface area contributed by atoms with E-state index in [1.165, 1.54) is 12.1 Å². The molecule has 1 unspecified atom stereocenters. The summed E-state index contributed by atoms with van der Waals surface area (Å²) in [6, 6.07) is 2.68. The highest BCUT2D eigenvalue weighted by Gasteiger charge is 2.62. The quantitative estimate of drug-likeness (QED) is 0.611. The Morgan fingerprint density at radius 2 is 1.97 bits per heavy atom. The summed E-state index contributed by atoms with van der Waals surface area (Å²) in [5, 5.41) is 15.2. The van der Waals surface area contributed by atoms with Crippen LogP contribution in [0.3, 0.4) is 0 Å². The molecule has 0 saturated heterocycles. The molecule has 0 spiro atoms. The maximum absolute atomic E-state index is 14.4. The second-order valence-corrected chi connectivity index (χ2v) is 9.61. The fourth-order valence-corrected chi connectivity index (χ4v) is 5.76. The van der Waals surface area contributed by atoms with Gasteiger partial charge in [0, 0.05) is 10.6 Å². The number of amides is 1. The van der Waals surface area contributed by atoms with Gasteiger partial charge in [0.2, 0.25) is 0 Å². The maximum atomic E-state index is 14.4. The van der Waals surface area contributed by atoms with Crippen molar-refractivity contribution in [3.63, 3.8) is 0 Å². The van der Waals surface area contributed by atoms with E-state index in [-0.39, 0.29) is 16.3 Å². The number of carbonyl (C=O) groups excluding carboxylic acids is 1. The molecule has 11 heteroatoms. The van der Waals surface area contributed by atoms with Gasteiger partial charge in [0.15, 0.2) is 0 Å². The Balaban J connectivity index is 1.72. The predicted octanol–water partition coefficient (Wildman–Crippen LogP) is 4.90. The monoisotopic (exact) mass is 500 g/mol. The lowest BCUT2D eigenvalue weighted by molar-refractivity contribution is -0.275. The van der Waals surface area contributed by atoms with Crippen molar-refractivity contribution in [1.29, 1.82) is 0 Å². The molecule has 1 atom stereocenters. The summed E-state index contributed by atoms with van der Waals surface area (Å²) in [7, 11) is 0. The molecule has 2 heterocycles. The van der Waals surface area contributed by atoms with Crippen molar-refractivity contribution in [2.24, 2.45) is 5.16 Å². The molecule has 0 fully saturated rings. The van der Waals surface area contributed by atoms with Crippen molar-refractivity contribution in [2.45, 2.75) is 51.3 Å². The molecule has 33 heavy (non-hydrogen) atoms. The predicted molar refractivity (Wildman–Crippen MR) is 117 cm³/mol. The van der Waals surface area contributed by atoms with Crippen molar-refractivity contribution >= 4 is 40.5 Å². The summed E-state index contributed by atoms with van der Waals surface area (Å²) in [5.74, 6) is -1.75. The number of alkyl halides is 3. The molecule has 2 aromatic rings. The number of carboxylic acid groups (broad SMARTS) is 1. The van der Waals surface area contributed by atoms with Crippen LogP contribution in [0.5, 0.6) is 0 Å². The highest BCUT2D eigenvalue weighted by atomic mass is 35.5. The molecule has 2 aliphatic rings. The Morgan fingerprint density at radius 3 is 2.61 bits per heavy atom. The zero-order chi connectivity index (χ0) is 24.1. The first-order valence-electron chi connectivity index (χ1n) is 10.2. The normalized spacial score (nSPS) is 19.8. The Labute approximate surface area is 196 Å². The molecule has 6 nitrogen and oxygen atoms in total. The number of hydrogen-bond acceptors (Lipinski definition) is 5. The molecule has 1 aromatic heterocycles. The lowest BCUT2D eigenvalue weighted by Crippen LogP contribution is -2.42. The molecule has 176 valence electrons. The molecule has 1 aromatic carbocycles. The zero-order valence-electron chi connectivity index (χ0n) is 17.7. The van der Waals surface area contributed by atoms with E-state index in [1.807, 2.05) is 0 Å². The smallest absolute Gasteiger partial charge is 0.435 e. The third kappa shape index (κ3) is 3.99. The van der Waals surface area contributed by atoms with Crippen molar-refractivity contribution in [3.05, 3.63) is 54.7 Å². The molecular weight excluding hydrogens is 481 g/mol. The number of carboxylic acids is 1. The van der Waals surface area contributed by atoms with Crippen LogP contribution in [0.25, 0.3) is 0 Å². The molecular formula is C22H20ClF3N2O4S. The number of aliphatic carboxylic acids is 1. The third-order valence-electron chi connectivity index (χ3n) is 6.09. The Morgan fingerprint density at radius 1 is 1.27 bits per heavy atom. The minimum atomic E-state index is -4.77. The Bertz CT molecular complexity index is 1170. The van der Waals surface area contributed by atoms with Crippen molar-refractivity contribution < 1.29 is 32.7 Å². The van der Waals surface area contributed by atoms with Gasteiger partial charge in [-0.2, -0.15) is 13.2 Å². The van der Waals surface area contributed by atoms with Crippen LogP contribution in [0.2, 0.25) is 5.02 Å². The van der Waals surface area contributed by atoms with Gasteiger partial charge in [0.25, 0.3) is 11.5 Å². The summed E-state index contributed by atoms with van der Waals surface area (Å²) in [5.41, 5.74) is 0.0958. The van der Waals surface area contributed by atoms with Gasteiger partial charge < -0.3 is 15.3 Å². The van der Waals surface area contributed by atoms with E-state index in [9.17, 15) is 22.8 Å². The van der Waals surface area contributed by atoms with Crippen LogP contribution in [0.15, 0.2) is 17.3 Å². The number of hydrogen-bond donors (Lipinski definition) is 2. The van der Waals surface area contributed by atoms with E-state index < -0.39 is 36.6 Å². The third-order valence-corrected chi connectivity index (χ3v) is 7.81. The van der Waals surface area contributed by atoms with Gasteiger partial charge in [-0.1, -0.05) is 22.8 Å². The number of nitrogens with zero attached hydrogens (tertiary/aromatic N) is 1. The number of aryl methyl sites for hydroxylation is 1. The van der Waals surface area contributed by atoms with Crippen LogP contribution < -0.4 is 5.32 Å². The number of nitrogens with one attached hydrogen (secondary N) is 1. The van der Waals surface area contributed by atoms with Crippen LogP contribution >= 0.6 is 22.9 Å². The summed E-state index contributed by atoms with van der Waals surface area (Å²) < 4.78 is 43.1. The summed E-state index contributed by atoms with van der Waals surface area (Å²) in [6.45, 7) is 2.86. The van der Waals surface area contributed by atoms with Crippen LogP contribution in [0.1, 0.15) is 55.2 Å². The minimum Gasteiger partial charge on any atom is -0.480 e. The van der Waals surface area contributed by atoms with Crippen LogP contribution in [-0.4, -0.2) is 35.4 Å². The van der Waals surface area contributed by atoms with Gasteiger partial charge in [-0.15, -0.1) is 11.3 Å². The van der Waals surface area contributed by atoms with Gasteiger partial charge in [0.05, 0.1) is 16.2 Å². The van der Waals surface area contributed by atoms with Crippen LogP contribution in [0.4, 0.5) is 13.2 Å². The average Bonchev–Trinajstić information content (AvgIpc) is 3.44. The maximum Gasteiger partial charge on any atom is 0.435 e. The average molecular weight is 501 g/mol. The second-order valence-electron chi connectivity index (χ2n) is 8.18. The van der Waals surface area contributed by atoms with Crippen LogP contribution in [0, 0.1) is 13.8 Å². The fourth-order valence-electron chi connectivity index (χ4n) is 4.20. The summed E-state index contributed by atoms with van der Waals surface area (Å²) in [4.78, 5) is 29.2. The van der Waals surface area contributed by atoms with E-state index in [0.29, 0.717) is 33.7 Å². The molecule has 0 bridgehead atoms. The van der Waals surface area contributed by atoms with Gasteiger partial charge in [-0.25, -0.2) is 0 Å². The number of fused-ring (bicyclic) bond motifs is 1. The topological polar surface area (TPSA) is 88.0 Å². The molecule has 0 saturated carbocycles. The standard InChI is InChI=1S/C22H20ClF3N2O4S/c1-10-6-12(7-15(23)11(10)2)21(22(24,25)26)8-16(28-32-21)18-13-4-3-5-14(13)19(33-18)20(31)27-9-17(29)30/h6-7H,3-5,8-9H2,1-2H3,(H,27,31)(H,29,30). The van der Waals surface area contributed by atoms with E-state index >= 15 is 0 Å². The van der Waals surface area contributed by atoms with Crippen LogP contribution in [-0.2, 0) is 28.1 Å². The number of carbonyl (C=O) groups is 2. The number of rotatable bonds is 5. The highest BCUT2D eigenvalue weighted by molar-refractivity contribution is 7.16. The minimum absolute atomic E-state index is 0.113. The number of benzene rings is 1. The first-order chi connectivity index (χ1) is 15.4. The van der Waals surface area contributed by atoms with Crippen molar-refractivity contribution in [2.75, 3.05) is 6.54 Å². The molecule has 0 radical (unpaired) electrons. The highest BCUT2D eigenvalue weighted by Crippen LogP contribution is 2.51. The molecule has 1 amide bonds. The van der Waals surface area contributed by atoms with Gasteiger partial charge in [-0.3, -0.25) is 9.59 Å². The van der Waals surface area contributed by atoms with Gasteiger partial charge in [0.1, 0.15) is 12.3 Å². The number of halogens is 4. The number of thiophene rings is 1. The van der Waals surface area contributed by atoms with Gasteiger partial charge >= 0.3 is 12.1 Å². The fraction of sp³-hybridized carbons (Fsp3) is 0.409. The SMILES string of the molecule is Cc1cc(C2(C(F)(F)F)CC(c3sc(C(=O)NCC(=O)O)c4c3CCC4)=NO2)cc(Cl)c1C. The van der Waals surface area contributed by atoms with E-state index in [4.69, 9.17) is 21.5 Å². The Hall–Kier alpha value is -2.59. The largest absolute Gasteiger partial charge is 0.480 e. The first kappa shape index (κ1) is 23.6. The lowest BCUT2D eigenvalue weighted by atomic mass is 9.86. The van der Waals surface area contributed by atoms with Crippen molar-refractivity contribution in [1.82, 2.24) is 5.32 Å². The zero-order valence-corrected chi connectivity index (χ0v) is 19.3. The van der Waals surface area contributed by atoms with E-state index in [1.54, 1.807) is 13.8 Å². The second kappa shape index (κ2) is 8.32. The van der Waals surface area contributed by atoms with Crippen molar-refractivity contribution in [3.8, 4) is 0 Å².